The summed E-state index contributed by atoms with van der Waals surface area (Å²) in [5.41, 5.74) is 1.32. The molecule has 7 heteroatoms. The summed E-state index contributed by atoms with van der Waals surface area (Å²) in [7, 11) is 0. The minimum Gasteiger partial charge on any atom is -0.337 e. The molecule has 1 aromatic heterocycles. The van der Waals surface area contributed by atoms with E-state index in [2.05, 4.69) is 20.8 Å². The van der Waals surface area contributed by atoms with Crippen molar-refractivity contribution in [2.75, 3.05) is 5.32 Å². The minimum absolute atomic E-state index is 0.0901. The summed E-state index contributed by atoms with van der Waals surface area (Å²) in [5, 5.41) is 9.02. The number of urea groups is 1. The van der Waals surface area contributed by atoms with Crippen molar-refractivity contribution >= 4 is 11.7 Å². The number of nitrogens with one attached hydrogen (secondary N) is 2. The summed E-state index contributed by atoms with van der Waals surface area (Å²) in [4.78, 5) is 15.9. The van der Waals surface area contributed by atoms with Crippen LogP contribution < -0.4 is 10.6 Å². The van der Waals surface area contributed by atoms with Gasteiger partial charge >= 0.3 is 6.03 Å². The Bertz CT molecular complexity index is 787. The van der Waals surface area contributed by atoms with Crippen LogP contribution in [-0.4, -0.2) is 16.2 Å². The second-order valence-electron chi connectivity index (χ2n) is 4.69. The molecule has 0 saturated carbocycles. The highest BCUT2D eigenvalue weighted by Gasteiger charge is 2.09. The molecule has 0 atom stereocenters. The molecule has 0 fully saturated rings. The van der Waals surface area contributed by atoms with Crippen molar-refractivity contribution in [1.29, 1.82) is 0 Å². The second kappa shape index (κ2) is 6.69. The lowest BCUT2D eigenvalue weighted by atomic mass is 10.2. The van der Waals surface area contributed by atoms with Gasteiger partial charge in [0.15, 0.2) is 0 Å². The van der Waals surface area contributed by atoms with Crippen LogP contribution >= 0.6 is 0 Å². The average molecular weight is 312 g/mol. The summed E-state index contributed by atoms with van der Waals surface area (Å²) < 4.78 is 17.9. The van der Waals surface area contributed by atoms with E-state index in [1.165, 1.54) is 24.3 Å². The van der Waals surface area contributed by atoms with E-state index < -0.39 is 6.03 Å². The summed E-state index contributed by atoms with van der Waals surface area (Å²) in [5.74, 6) is 0.384. The second-order valence-corrected chi connectivity index (χ2v) is 4.69. The van der Waals surface area contributed by atoms with E-state index in [9.17, 15) is 9.18 Å². The number of amides is 2. The molecular weight excluding hydrogens is 299 g/mol. The number of benzene rings is 2. The molecule has 23 heavy (non-hydrogen) atoms. The Morgan fingerprint density at radius 1 is 1.09 bits per heavy atom. The zero-order valence-corrected chi connectivity index (χ0v) is 12.0. The van der Waals surface area contributed by atoms with Gasteiger partial charge in [0.05, 0.1) is 6.54 Å². The highest BCUT2D eigenvalue weighted by Crippen LogP contribution is 2.14. The van der Waals surface area contributed by atoms with Gasteiger partial charge in [0.2, 0.25) is 11.7 Å². The molecule has 0 saturated heterocycles. The van der Waals surface area contributed by atoms with Gasteiger partial charge < -0.3 is 15.2 Å². The lowest BCUT2D eigenvalue weighted by Crippen LogP contribution is -2.28. The number of halogens is 1. The summed E-state index contributed by atoms with van der Waals surface area (Å²) in [6.45, 7) is 0.0901. The van der Waals surface area contributed by atoms with Crippen molar-refractivity contribution in [3.63, 3.8) is 0 Å². The third kappa shape index (κ3) is 3.91. The fourth-order valence-corrected chi connectivity index (χ4v) is 1.90. The fraction of sp³-hybridized carbons (Fsp3) is 0.0625. The highest BCUT2D eigenvalue weighted by atomic mass is 19.1. The van der Waals surface area contributed by atoms with Crippen molar-refractivity contribution < 1.29 is 13.7 Å². The maximum atomic E-state index is 12.8. The standard InChI is InChI=1S/C16H13FN4O2/c17-12-6-8-13(9-7-12)19-16(22)18-10-14-20-15(21-23-14)11-4-2-1-3-5-11/h1-9H,10H2,(H2,18,19,22). The normalized spacial score (nSPS) is 10.3. The van der Waals surface area contributed by atoms with Crippen molar-refractivity contribution in [3.8, 4) is 11.4 Å². The first-order valence-corrected chi connectivity index (χ1v) is 6.89. The maximum absolute atomic E-state index is 12.8. The van der Waals surface area contributed by atoms with Crippen LogP contribution in [0.2, 0.25) is 0 Å². The van der Waals surface area contributed by atoms with E-state index in [1.807, 2.05) is 30.3 Å². The monoisotopic (exact) mass is 312 g/mol. The molecule has 2 amide bonds. The van der Waals surface area contributed by atoms with Gasteiger partial charge in [-0.1, -0.05) is 35.5 Å². The molecule has 2 aromatic carbocycles. The number of hydrogen-bond donors (Lipinski definition) is 2. The van der Waals surface area contributed by atoms with Crippen LogP contribution in [0.5, 0.6) is 0 Å². The van der Waals surface area contributed by atoms with Gasteiger partial charge in [-0.05, 0) is 24.3 Å². The summed E-state index contributed by atoms with van der Waals surface area (Å²) in [6, 6.07) is 14.4. The van der Waals surface area contributed by atoms with Gasteiger partial charge in [0, 0.05) is 11.3 Å². The van der Waals surface area contributed by atoms with Crippen LogP contribution in [0.1, 0.15) is 5.89 Å². The van der Waals surface area contributed by atoms with E-state index in [0.29, 0.717) is 11.5 Å². The molecule has 2 N–H and O–H groups in total. The van der Waals surface area contributed by atoms with E-state index in [-0.39, 0.29) is 18.3 Å². The highest BCUT2D eigenvalue weighted by molar-refractivity contribution is 5.89. The Labute approximate surface area is 131 Å². The molecule has 3 aromatic rings. The predicted molar refractivity (Wildman–Crippen MR) is 82.0 cm³/mol. The van der Waals surface area contributed by atoms with Crippen LogP contribution in [0.4, 0.5) is 14.9 Å². The van der Waals surface area contributed by atoms with Gasteiger partial charge in [-0.25, -0.2) is 9.18 Å². The first-order chi connectivity index (χ1) is 11.2. The zero-order valence-electron chi connectivity index (χ0n) is 12.0. The average Bonchev–Trinajstić information content (AvgIpc) is 3.05. The summed E-state index contributed by atoms with van der Waals surface area (Å²) in [6.07, 6.45) is 0. The fourth-order valence-electron chi connectivity index (χ4n) is 1.90. The molecule has 0 aliphatic heterocycles. The first kappa shape index (κ1) is 14.7. The van der Waals surface area contributed by atoms with Crippen LogP contribution in [0.3, 0.4) is 0 Å². The van der Waals surface area contributed by atoms with E-state index in [0.717, 1.165) is 5.56 Å². The Morgan fingerprint density at radius 3 is 2.57 bits per heavy atom. The van der Waals surface area contributed by atoms with Crippen molar-refractivity contribution in [2.45, 2.75) is 6.54 Å². The number of carbonyl (C=O) groups is 1. The molecule has 0 aliphatic carbocycles. The Balaban J connectivity index is 1.55. The van der Waals surface area contributed by atoms with Gasteiger partial charge in [-0.15, -0.1) is 0 Å². The number of rotatable bonds is 4. The van der Waals surface area contributed by atoms with Crippen LogP contribution in [0.15, 0.2) is 59.1 Å². The summed E-state index contributed by atoms with van der Waals surface area (Å²) >= 11 is 0. The van der Waals surface area contributed by atoms with E-state index in [1.54, 1.807) is 0 Å². The minimum atomic E-state index is -0.448. The molecule has 1 heterocycles. The van der Waals surface area contributed by atoms with Gasteiger partial charge in [-0.3, -0.25) is 0 Å². The van der Waals surface area contributed by atoms with Gasteiger partial charge in [-0.2, -0.15) is 4.98 Å². The third-order valence-corrected chi connectivity index (χ3v) is 3.00. The van der Waals surface area contributed by atoms with Crippen LogP contribution in [-0.2, 0) is 6.54 Å². The molecule has 116 valence electrons. The maximum Gasteiger partial charge on any atom is 0.319 e. The van der Waals surface area contributed by atoms with Gasteiger partial charge in [0.25, 0.3) is 0 Å². The molecule has 0 radical (unpaired) electrons. The molecule has 0 bridgehead atoms. The molecular formula is C16H13FN4O2. The Kier molecular flexibility index (Phi) is 4.28. The number of anilines is 1. The lowest BCUT2D eigenvalue weighted by Gasteiger charge is -2.05. The number of hydrogen-bond acceptors (Lipinski definition) is 4. The van der Waals surface area contributed by atoms with Crippen LogP contribution in [0, 0.1) is 5.82 Å². The van der Waals surface area contributed by atoms with Crippen molar-refractivity contribution in [1.82, 2.24) is 15.5 Å². The van der Waals surface area contributed by atoms with Gasteiger partial charge in [0.1, 0.15) is 5.82 Å². The molecule has 6 nitrogen and oxygen atoms in total. The predicted octanol–water partition coefficient (Wildman–Crippen LogP) is 3.20. The number of nitrogens with zero attached hydrogens (tertiary/aromatic N) is 2. The third-order valence-electron chi connectivity index (χ3n) is 3.00. The van der Waals surface area contributed by atoms with E-state index >= 15 is 0 Å². The molecule has 0 aliphatic rings. The number of aromatic nitrogens is 2. The Hall–Kier alpha value is -3.22. The van der Waals surface area contributed by atoms with Crippen molar-refractivity contribution in [3.05, 3.63) is 66.3 Å². The smallest absolute Gasteiger partial charge is 0.319 e. The van der Waals surface area contributed by atoms with E-state index in [4.69, 9.17) is 4.52 Å². The Morgan fingerprint density at radius 2 is 1.83 bits per heavy atom. The first-order valence-electron chi connectivity index (χ1n) is 6.89. The van der Waals surface area contributed by atoms with Crippen molar-refractivity contribution in [2.24, 2.45) is 0 Å². The molecule has 3 rings (SSSR count). The SMILES string of the molecule is O=C(NCc1nc(-c2ccccc2)no1)Nc1ccc(F)cc1. The topological polar surface area (TPSA) is 80.1 Å². The number of carbonyl (C=O) groups excluding carboxylic acids is 1. The molecule has 0 unspecified atom stereocenters. The molecule has 0 spiro atoms. The van der Waals surface area contributed by atoms with Crippen LogP contribution in [0.25, 0.3) is 11.4 Å². The zero-order chi connectivity index (χ0) is 16.1. The quantitative estimate of drug-likeness (QED) is 0.775. The largest absolute Gasteiger partial charge is 0.337 e. The lowest BCUT2D eigenvalue weighted by molar-refractivity contribution is 0.249.